The molecular formula is C17H10BrNO3. The largest absolute Gasteiger partial charge is 0.479 e. The Morgan fingerprint density at radius 3 is 2.91 bits per heavy atom. The Labute approximate surface area is 135 Å². The van der Waals surface area contributed by atoms with Crippen molar-refractivity contribution in [2.45, 2.75) is 0 Å². The fraction of sp³-hybridized carbons (Fsp3) is 0.0588. The highest BCUT2D eigenvalue weighted by Crippen LogP contribution is 2.35. The molecule has 0 unspecified atom stereocenters. The van der Waals surface area contributed by atoms with Gasteiger partial charge in [0.15, 0.2) is 12.4 Å². The lowest BCUT2D eigenvalue weighted by molar-refractivity contribution is 0.101. The number of nitrogens with zero attached hydrogens (tertiary/aromatic N) is 1. The molecule has 0 bridgehead atoms. The van der Waals surface area contributed by atoms with E-state index >= 15 is 0 Å². The maximum atomic E-state index is 12.3. The number of halogens is 1. The van der Waals surface area contributed by atoms with Crippen LogP contribution in [0.25, 0.3) is 6.08 Å². The molecule has 22 heavy (non-hydrogen) atoms. The Kier molecular flexibility index (Phi) is 3.94. The zero-order chi connectivity index (χ0) is 15.5. The first-order chi connectivity index (χ1) is 10.7. The number of ether oxygens (including phenoxy) is 2. The van der Waals surface area contributed by atoms with Crippen LogP contribution in [0.15, 0.2) is 52.7 Å². The molecule has 4 nitrogen and oxygen atoms in total. The molecular weight excluding hydrogens is 346 g/mol. The second kappa shape index (κ2) is 6.04. The number of nitriles is 1. The summed E-state index contributed by atoms with van der Waals surface area (Å²) in [4.78, 5) is 12.3. The normalized spacial score (nSPS) is 14.4. The summed E-state index contributed by atoms with van der Waals surface area (Å²) in [6.45, 7) is -0.0481. The van der Waals surface area contributed by atoms with Crippen LogP contribution in [-0.2, 0) is 0 Å². The van der Waals surface area contributed by atoms with Crippen LogP contribution < -0.4 is 9.47 Å². The summed E-state index contributed by atoms with van der Waals surface area (Å²) < 4.78 is 11.8. The van der Waals surface area contributed by atoms with Crippen molar-refractivity contribution in [3.63, 3.8) is 0 Å². The van der Waals surface area contributed by atoms with Gasteiger partial charge in [-0.25, -0.2) is 0 Å². The molecule has 2 aromatic rings. The first-order valence-electron chi connectivity index (χ1n) is 6.51. The Balaban J connectivity index is 1.89. The summed E-state index contributed by atoms with van der Waals surface area (Å²) >= 11 is 3.39. The van der Waals surface area contributed by atoms with Gasteiger partial charge < -0.3 is 9.47 Å². The third-order valence-corrected chi connectivity index (χ3v) is 3.58. The van der Waals surface area contributed by atoms with E-state index in [0.717, 1.165) is 10.0 Å². The van der Waals surface area contributed by atoms with Crippen molar-refractivity contribution in [3.8, 4) is 17.6 Å². The second-order valence-electron chi connectivity index (χ2n) is 4.60. The van der Waals surface area contributed by atoms with E-state index in [1.807, 2.05) is 30.3 Å². The van der Waals surface area contributed by atoms with Crippen LogP contribution in [-0.4, -0.2) is 12.4 Å². The number of benzene rings is 2. The van der Waals surface area contributed by atoms with E-state index in [4.69, 9.17) is 14.7 Å². The smallest absolute Gasteiger partial charge is 0.231 e. The number of fused-ring (bicyclic) bond motifs is 1. The molecule has 0 amide bonds. The molecule has 1 heterocycles. The van der Waals surface area contributed by atoms with Gasteiger partial charge in [0.25, 0.3) is 0 Å². The minimum Gasteiger partial charge on any atom is -0.479 e. The number of Topliss-reactive ketones (excluding diaryl/α,β-unsaturated/α-hetero) is 1. The molecule has 0 atom stereocenters. The summed E-state index contributed by atoms with van der Waals surface area (Å²) in [6, 6.07) is 14.4. The quantitative estimate of drug-likeness (QED) is 0.781. The zero-order valence-corrected chi connectivity index (χ0v) is 13.0. The Hall–Kier alpha value is -2.58. The molecule has 5 heteroatoms. The molecule has 0 radical (unpaired) electrons. The standard InChI is InChI=1S/C17H10BrNO3/c18-12-3-1-2-11(8-12)9-16-17(20)14-5-4-13(21-7-6-19)10-15(14)22-16/h1-5,8-10H,7H2. The van der Waals surface area contributed by atoms with Crippen molar-refractivity contribution in [3.05, 3.63) is 63.8 Å². The monoisotopic (exact) mass is 355 g/mol. The topological polar surface area (TPSA) is 59.3 Å². The number of hydrogen-bond acceptors (Lipinski definition) is 4. The number of carbonyl (C=O) groups is 1. The van der Waals surface area contributed by atoms with Crippen molar-refractivity contribution in [1.82, 2.24) is 0 Å². The number of carbonyl (C=O) groups excluding carboxylic acids is 1. The van der Waals surface area contributed by atoms with E-state index in [2.05, 4.69) is 15.9 Å². The highest BCUT2D eigenvalue weighted by atomic mass is 79.9. The van der Waals surface area contributed by atoms with E-state index in [1.165, 1.54) is 0 Å². The van der Waals surface area contributed by atoms with Gasteiger partial charge in [0.2, 0.25) is 5.78 Å². The molecule has 0 saturated carbocycles. The molecule has 2 aromatic carbocycles. The zero-order valence-electron chi connectivity index (χ0n) is 11.4. The molecule has 0 fully saturated rings. The second-order valence-corrected chi connectivity index (χ2v) is 5.52. The van der Waals surface area contributed by atoms with Crippen molar-refractivity contribution >= 4 is 27.8 Å². The molecule has 0 aliphatic carbocycles. The van der Waals surface area contributed by atoms with Crippen molar-refractivity contribution in [2.24, 2.45) is 0 Å². The van der Waals surface area contributed by atoms with Gasteiger partial charge in [-0.2, -0.15) is 5.26 Å². The van der Waals surface area contributed by atoms with Gasteiger partial charge in [-0.3, -0.25) is 4.79 Å². The van der Waals surface area contributed by atoms with Crippen molar-refractivity contribution in [1.29, 1.82) is 5.26 Å². The van der Waals surface area contributed by atoms with E-state index in [9.17, 15) is 4.79 Å². The van der Waals surface area contributed by atoms with E-state index < -0.39 is 0 Å². The van der Waals surface area contributed by atoms with Crippen LogP contribution >= 0.6 is 15.9 Å². The van der Waals surface area contributed by atoms with Crippen LogP contribution in [0, 0.1) is 11.3 Å². The van der Waals surface area contributed by atoms with E-state index in [1.54, 1.807) is 24.3 Å². The molecule has 1 aliphatic heterocycles. The van der Waals surface area contributed by atoms with E-state index in [0.29, 0.717) is 17.1 Å². The third-order valence-electron chi connectivity index (χ3n) is 3.09. The van der Waals surface area contributed by atoms with Crippen molar-refractivity contribution in [2.75, 3.05) is 6.61 Å². The SMILES string of the molecule is N#CCOc1ccc2c(c1)OC(=Cc1cccc(Br)c1)C2=O. The summed E-state index contributed by atoms with van der Waals surface area (Å²) in [5.41, 5.74) is 1.36. The maximum absolute atomic E-state index is 12.3. The van der Waals surface area contributed by atoms with Gasteiger partial charge in [-0.05, 0) is 35.9 Å². The van der Waals surface area contributed by atoms with Gasteiger partial charge in [0.05, 0.1) is 5.56 Å². The summed E-state index contributed by atoms with van der Waals surface area (Å²) in [5, 5.41) is 8.52. The molecule has 0 spiro atoms. The molecule has 0 N–H and O–H groups in total. The van der Waals surface area contributed by atoms with Gasteiger partial charge >= 0.3 is 0 Å². The summed E-state index contributed by atoms with van der Waals surface area (Å²) in [7, 11) is 0. The number of allylic oxidation sites excluding steroid dienone is 1. The van der Waals surface area contributed by atoms with Crippen LogP contribution in [0.4, 0.5) is 0 Å². The summed E-state index contributed by atoms with van der Waals surface area (Å²) in [6.07, 6.45) is 1.70. The minimum absolute atomic E-state index is 0.0481. The van der Waals surface area contributed by atoms with Gasteiger partial charge in [-0.15, -0.1) is 0 Å². The first kappa shape index (κ1) is 14.4. The number of ketones is 1. The maximum Gasteiger partial charge on any atom is 0.231 e. The predicted molar refractivity (Wildman–Crippen MR) is 84.6 cm³/mol. The minimum atomic E-state index is -0.165. The number of hydrogen-bond donors (Lipinski definition) is 0. The molecule has 108 valence electrons. The highest BCUT2D eigenvalue weighted by Gasteiger charge is 2.27. The lowest BCUT2D eigenvalue weighted by atomic mass is 10.1. The van der Waals surface area contributed by atoms with Gasteiger partial charge in [-0.1, -0.05) is 28.1 Å². The van der Waals surface area contributed by atoms with Crippen LogP contribution in [0.1, 0.15) is 15.9 Å². The first-order valence-corrected chi connectivity index (χ1v) is 7.30. The van der Waals surface area contributed by atoms with E-state index in [-0.39, 0.29) is 18.1 Å². The van der Waals surface area contributed by atoms with Crippen LogP contribution in [0.3, 0.4) is 0 Å². The Morgan fingerprint density at radius 2 is 2.14 bits per heavy atom. The highest BCUT2D eigenvalue weighted by molar-refractivity contribution is 9.10. The van der Waals surface area contributed by atoms with Gasteiger partial charge in [0.1, 0.15) is 17.6 Å². The van der Waals surface area contributed by atoms with Crippen LogP contribution in [0.2, 0.25) is 0 Å². The molecule has 3 rings (SSSR count). The van der Waals surface area contributed by atoms with Crippen LogP contribution in [0.5, 0.6) is 11.5 Å². The third kappa shape index (κ3) is 2.87. The lowest BCUT2D eigenvalue weighted by Gasteiger charge is -2.03. The number of rotatable bonds is 3. The van der Waals surface area contributed by atoms with Crippen molar-refractivity contribution < 1.29 is 14.3 Å². The average Bonchev–Trinajstić information content (AvgIpc) is 2.81. The lowest BCUT2D eigenvalue weighted by Crippen LogP contribution is -1.97. The molecule has 0 aromatic heterocycles. The molecule has 1 aliphatic rings. The Morgan fingerprint density at radius 1 is 1.27 bits per heavy atom. The summed E-state index contributed by atoms with van der Waals surface area (Å²) in [5.74, 6) is 1.05. The van der Waals surface area contributed by atoms with Gasteiger partial charge in [0, 0.05) is 10.5 Å². The Bertz CT molecular complexity index is 821. The fourth-order valence-corrected chi connectivity index (χ4v) is 2.54. The average molecular weight is 356 g/mol. The fourth-order valence-electron chi connectivity index (χ4n) is 2.12. The predicted octanol–water partition coefficient (Wildman–Crippen LogP) is 3.97. The molecule has 0 saturated heterocycles.